The number of nitrogens with zero attached hydrogens (tertiary/aromatic N) is 1. The molecule has 17 heavy (non-hydrogen) atoms. The quantitative estimate of drug-likeness (QED) is 0.821. The Morgan fingerprint density at radius 3 is 2.29 bits per heavy atom. The fourth-order valence-corrected chi connectivity index (χ4v) is 5.08. The maximum atomic E-state index is 5.64. The van der Waals surface area contributed by atoms with Crippen LogP contribution >= 0.6 is 0 Å². The fraction of sp³-hybridized carbons (Fsp3) is 0.786. The lowest BCUT2D eigenvalue weighted by Crippen LogP contribution is -2.43. The van der Waals surface area contributed by atoms with Crippen LogP contribution in [0.25, 0.3) is 0 Å². The van der Waals surface area contributed by atoms with Crippen molar-refractivity contribution in [1.82, 2.24) is 9.97 Å². The molecule has 92 valence electrons. The van der Waals surface area contributed by atoms with E-state index >= 15 is 0 Å². The lowest BCUT2D eigenvalue weighted by Gasteiger charge is -2.54. The number of hydrogen-bond acceptors (Lipinski definition) is 2. The van der Waals surface area contributed by atoms with Crippen molar-refractivity contribution < 1.29 is 0 Å². The normalized spacial score (nSPS) is 43.2. The summed E-state index contributed by atoms with van der Waals surface area (Å²) in [5, 5.41) is 0. The predicted octanol–water partition coefficient (Wildman–Crippen LogP) is 2.41. The van der Waals surface area contributed by atoms with Crippen LogP contribution in [0.2, 0.25) is 0 Å². The van der Waals surface area contributed by atoms with E-state index < -0.39 is 0 Å². The first-order valence-electron chi connectivity index (χ1n) is 7.07. The highest BCUT2D eigenvalue weighted by Crippen LogP contribution is 2.59. The molecule has 0 amide bonds. The molecular weight excluding hydrogens is 210 g/mol. The van der Waals surface area contributed by atoms with E-state index in [0.717, 1.165) is 35.4 Å². The van der Waals surface area contributed by atoms with Crippen molar-refractivity contribution in [3.8, 4) is 0 Å². The van der Waals surface area contributed by atoms with E-state index in [4.69, 9.17) is 5.73 Å². The monoisotopic (exact) mass is 231 g/mol. The number of aromatic nitrogens is 2. The Labute approximate surface area is 102 Å². The SMILES string of the molecule is NCc1ncc(C2C3CC4CC(C3)CC2C4)[nH]1. The van der Waals surface area contributed by atoms with Crippen molar-refractivity contribution >= 4 is 0 Å². The topological polar surface area (TPSA) is 54.7 Å². The molecule has 0 unspecified atom stereocenters. The molecular formula is C14H21N3. The Bertz CT molecular complexity index is 395. The van der Waals surface area contributed by atoms with Crippen LogP contribution in [0.15, 0.2) is 6.20 Å². The predicted molar refractivity (Wildman–Crippen MR) is 66.3 cm³/mol. The zero-order valence-corrected chi connectivity index (χ0v) is 10.2. The van der Waals surface area contributed by atoms with Gasteiger partial charge in [-0.25, -0.2) is 4.98 Å². The lowest BCUT2D eigenvalue weighted by molar-refractivity contribution is -0.00405. The number of H-pyrrole nitrogens is 1. The van der Waals surface area contributed by atoms with Gasteiger partial charge in [-0.05, 0) is 55.8 Å². The van der Waals surface area contributed by atoms with Crippen molar-refractivity contribution in [2.45, 2.75) is 44.6 Å². The molecule has 5 rings (SSSR count). The van der Waals surface area contributed by atoms with Gasteiger partial charge in [0, 0.05) is 17.8 Å². The number of nitrogens with one attached hydrogen (secondary N) is 1. The Balaban J connectivity index is 1.65. The summed E-state index contributed by atoms with van der Waals surface area (Å²) in [7, 11) is 0. The summed E-state index contributed by atoms with van der Waals surface area (Å²) in [5.74, 6) is 5.66. The van der Waals surface area contributed by atoms with Gasteiger partial charge in [0.1, 0.15) is 5.82 Å². The second-order valence-electron chi connectivity index (χ2n) is 6.45. The third-order valence-corrected chi connectivity index (χ3v) is 5.43. The molecule has 1 aromatic heterocycles. The van der Waals surface area contributed by atoms with E-state index in [-0.39, 0.29) is 0 Å². The van der Waals surface area contributed by atoms with Crippen LogP contribution in [0.1, 0.15) is 49.5 Å². The number of aromatic amines is 1. The third kappa shape index (κ3) is 1.48. The summed E-state index contributed by atoms with van der Waals surface area (Å²) in [4.78, 5) is 7.84. The highest BCUT2D eigenvalue weighted by Gasteiger charge is 2.49. The molecule has 4 aliphatic rings. The van der Waals surface area contributed by atoms with Crippen molar-refractivity contribution in [1.29, 1.82) is 0 Å². The molecule has 3 nitrogen and oxygen atoms in total. The van der Waals surface area contributed by atoms with Crippen molar-refractivity contribution in [3.63, 3.8) is 0 Å². The molecule has 4 fully saturated rings. The van der Waals surface area contributed by atoms with Crippen LogP contribution in [0.4, 0.5) is 0 Å². The molecule has 0 aliphatic heterocycles. The van der Waals surface area contributed by atoms with Gasteiger partial charge < -0.3 is 10.7 Å². The molecule has 4 saturated carbocycles. The highest BCUT2D eigenvalue weighted by atomic mass is 14.9. The minimum Gasteiger partial charge on any atom is -0.345 e. The molecule has 4 aliphatic carbocycles. The van der Waals surface area contributed by atoms with Gasteiger partial charge in [0.05, 0.1) is 6.54 Å². The fourth-order valence-electron chi connectivity index (χ4n) is 5.08. The Morgan fingerprint density at radius 2 is 1.76 bits per heavy atom. The Kier molecular flexibility index (Phi) is 2.13. The number of rotatable bonds is 2. The van der Waals surface area contributed by atoms with E-state index in [1.807, 2.05) is 0 Å². The van der Waals surface area contributed by atoms with Crippen LogP contribution in [-0.4, -0.2) is 9.97 Å². The van der Waals surface area contributed by atoms with Gasteiger partial charge in [-0.3, -0.25) is 0 Å². The summed E-state index contributed by atoms with van der Waals surface area (Å²) in [6.45, 7) is 0.535. The largest absolute Gasteiger partial charge is 0.345 e. The Hall–Kier alpha value is -0.830. The standard InChI is InChI=1S/C14H21N3/c15-6-13-16-7-12(17-13)14-10-2-8-1-9(4-10)5-11(14)3-8/h7-11,14H,1-6,15H2,(H,16,17). The molecule has 0 atom stereocenters. The van der Waals surface area contributed by atoms with Crippen molar-refractivity contribution in [2.75, 3.05) is 0 Å². The summed E-state index contributed by atoms with van der Waals surface area (Å²) in [6, 6.07) is 0. The van der Waals surface area contributed by atoms with Gasteiger partial charge in [0.25, 0.3) is 0 Å². The van der Waals surface area contributed by atoms with Crippen LogP contribution in [0.3, 0.4) is 0 Å². The van der Waals surface area contributed by atoms with Gasteiger partial charge in [0.15, 0.2) is 0 Å². The number of nitrogens with two attached hydrogens (primary N) is 1. The van der Waals surface area contributed by atoms with E-state index in [0.29, 0.717) is 6.54 Å². The smallest absolute Gasteiger partial charge is 0.120 e. The molecule has 1 heterocycles. The van der Waals surface area contributed by atoms with Gasteiger partial charge in [-0.2, -0.15) is 0 Å². The lowest BCUT2D eigenvalue weighted by atomic mass is 9.51. The van der Waals surface area contributed by atoms with Crippen LogP contribution in [-0.2, 0) is 6.54 Å². The molecule has 3 heteroatoms. The third-order valence-electron chi connectivity index (χ3n) is 5.43. The molecule has 3 N–H and O–H groups in total. The zero-order valence-electron chi connectivity index (χ0n) is 10.2. The number of hydrogen-bond donors (Lipinski definition) is 2. The van der Waals surface area contributed by atoms with Crippen LogP contribution in [0.5, 0.6) is 0 Å². The molecule has 0 saturated heterocycles. The summed E-state index contributed by atoms with van der Waals surface area (Å²) >= 11 is 0. The van der Waals surface area contributed by atoms with E-state index in [9.17, 15) is 0 Å². The average molecular weight is 231 g/mol. The summed E-state index contributed by atoms with van der Waals surface area (Å²) < 4.78 is 0. The highest BCUT2D eigenvalue weighted by molar-refractivity contribution is 5.16. The maximum Gasteiger partial charge on any atom is 0.120 e. The summed E-state index contributed by atoms with van der Waals surface area (Å²) in [6.07, 6.45) is 9.44. The number of imidazole rings is 1. The summed E-state index contributed by atoms with van der Waals surface area (Å²) in [5.41, 5.74) is 7.02. The van der Waals surface area contributed by atoms with Crippen molar-refractivity contribution in [3.05, 3.63) is 17.7 Å². The zero-order chi connectivity index (χ0) is 11.4. The second-order valence-corrected chi connectivity index (χ2v) is 6.45. The first-order valence-corrected chi connectivity index (χ1v) is 7.07. The first-order chi connectivity index (χ1) is 8.33. The maximum absolute atomic E-state index is 5.64. The van der Waals surface area contributed by atoms with Gasteiger partial charge in [-0.1, -0.05) is 0 Å². The van der Waals surface area contributed by atoms with E-state index in [1.165, 1.54) is 37.8 Å². The van der Waals surface area contributed by atoms with Crippen LogP contribution < -0.4 is 5.73 Å². The van der Waals surface area contributed by atoms with Gasteiger partial charge in [-0.15, -0.1) is 0 Å². The first kappa shape index (κ1) is 10.1. The minimum atomic E-state index is 0.535. The molecule has 0 aromatic carbocycles. The molecule has 0 radical (unpaired) electrons. The van der Waals surface area contributed by atoms with E-state index in [2.05, 4.69) is 16.2 Å². The molecule has 1 aromatic rings. The van der Waals surface area contributed by atoms with E-state index in [1.54, 1.807) is 0 Å². The molecule has 4 bridgehead atoms. The van der Waals surface area contributed by atoms with Crippen LogP contribution in [0, 0.1) is 23.7 Å². The van der Waals surface area contributed by atoms with Gasteiger partial charge in [0.2, 0.25) is 0 Å². The van der Waals surface area contributed by atoms with Crippen molar-refractivity contribution in [2.24, 2.45) is 29.4 Å². The second kappa shape index (κ2) is 3.58. The Morgan fingerprint density at radius 1 is 1.12 bits per heavy atom. The molecule has 0 spiro atoms. The average Bonchev–Trinajstić information content (AvgIpc) is 2.76. The minimum absolute atomic E-state index is 0.535. The van der Waals surface area contributed by atoms with Gasteiger partial charge >= 0.3 is 0 Å².